The van der Waals surface area contributed by atoms with Crippen LogP contribution in [-0.2, 0) is 4.79 Å². The molecule has 0 heterocycles. The molecule has 2 amide bonds. The quantitative estimate of drug-likeness (QED) is 0.377. The van der Waals surface area contributed by atoms with E-state index < -0.39 is 17.9 Å². The monoisotopic (exact) mass is 437 g/mol. The number of rotatable bonds is 7. The Hall–Kier alpha value is -2.02. The number of nitrogens with one attached hydrogen (secondary N) is 2. The number of amides is 2. The topological polar surface area (TPSA) is 70.6 Å². The summed E-state index contributed by atoms with van der Waals surface area (Å²) in [5, 5.41) is 7.33. The Morgan fingerprint density at radius 1 is 1.07 bits per heavy atom. The average Bonchev–Trinajstić information content (AvgIpc) is 2.68. The van der Waals surface area contributed by atoms with E-state index in [0.717, 1.165) is 10.5 Å². The maximum absolute atomic E-state index is 12.5. The van der Waals surface area contributed by atoms with Crippen molar-refractivity contribution in [3.63, 3.8) is 0 Å². The lowest BCUT2D eigenvalue weighted by atomic mass is 10.0. The first-order valence-corrected chi connectivity index (χ1v) is 10.5. The van der Waals surface area contributed by atoms with Crippen LogP contribution in [0.5, 0.6) is 0 Å². The summed E-state index contributed by atoms with van der Waals surface area (Å²) in [5.74, 6) is -0.952. The highest BCUT2D eigenvalue weighted by Gasteiger charge is 2.24. The second kappa shape index (κ2) is 10.5. The zero-order valence-electron chi connectivity index (χ0n) is 15.7. The number of carbonyl (C=O) groups is 2. The number of benzene rings is 2. The largest absolute Gasteiger partial charge is 0.340 e. The minimum Gasteiger partial charge on any atom is -0.340 e. The molecule has 0 spiro atoms. The summed E-state index contributed by atoms with van der Waals surface area (Å²) >= 11 is 13.5. The molecule has 28 heavy (non-hydrogen) atoms. The van der Waals surface area contributed by atoms with Crippen molar-refractivity contribution in [2.45, 2.75) is 24.8 Å². The van der Waals surface area contributed by atoms with Crippen LogP contribution in [0.3, 0.4) is 0 Å². The number of thioether (sulfide) groups is 1. The molecule has 1 unspecified atom stereocenters. The van der Waals surface area contributed by atoms with Crippen LogP contribution in [0, 0.1) is 5.92 Å². The lowest BCUT2D eigenvalue weighted by Crippen LogP contribution is -2.48. The number of hydrogen-bond acceptors (Lipinski definition) is 4. The molecule has 8 heteroatoms. The van der Waals surface area contributed by atoms with Crippen molar-refractivity contribution >= 4 is 53.0 Å². The highest BCUT2D eigenvalue weighted by atomic mass is 35.5. The lowest BCUT2D eigenvalue weighted by molar-refractivity contribution is -0.123. The van der Waals surface area contributed by atoms with Gasteiger partial charge in [0.05, 0.1) is 16.3 Å². The summed E-state index contributed by atoms with van der Waals surface area (Å²) in [4.78, 5) is 26.1. The van der Waals surface area contributed by atoms with Crippen LogP contribution in [0.1, 0.15) is 29.8 Å². The van der Waals surface area contributed by atoms with Gasteiger partial charge in [-0.15, -0.1) is 11.8 Å². The molecule has 0 bridgehead atoms. The SMILES string of the molecule is CSc1ccc(C=NNC(=O)C(NC(=O)c2ccc(Cl)c(Cl)c2)C(C)C)cc1. The van der Waals surface area contributed by atoms with Crippen LogP contribution in [0.15, 0.2) is 52.5 Å². The fourth-order valence-corrected chi connectivity index (χ4v) is 3.03. The molecule has 0 saturated heterocycles. The zero-order chi connectivity index (χ0) is 20.7. The van der Waals surface area contributed by atoms with Gasteiger partial charge in [0.1, 0.15) is 6.04 Å². The molecule has 5 nitrogen and oxygen atoms in total. The molecule has 0 aliphatic carbocycles. The Bertz CT molecular complexity index is 870. The maximum Gasteiger partial charge on any atom is 0.262 e. The van der Waals surface area contributed by atoms with E-state index in [2.05, 4.69) is 15.8 Å². The smallest absolute Gasteiger partial charge is 0.262 e. The Morgan fingerprint density at radius 3 is 2.32 bits per heavy atom. The van der Waals surface area contributed by atoms with Crippen molar-refractivity contribution in [2.24, 2.45) is 11.0 Å². The first kappa shape index (κ1) is 22.3. The molecular formula is C20H21Cl2N3O2S. The molecule has 0 aliphatic heterocycles. The minimum atomic E-state index is -0.752. The molecule has 2 aromatic rings. The number of nitrogens with zero attached hydrogens (tertiary/aromatic N) is 1. The minimum absolute atomic E-state index is 0.136. The van der Waals surface area contributed by atoms with Gasteiger partial charge < -0.3 is 5.32 Å². The molecule has 0 radical (unpaired) electrons. The van der Waals surface area contributed by atoms with Crippen molar-refractivity contribution in [3.8, 4) is 0 Å². The third-order valence-electron chi connectivity index (χ3n) is 3.92. The van der Waals surface area contributed by atoms with Gasteiger partial charge in [-0.25, -0.2) is 5.43 Å². The molecular weight excluding hydrogens is 417 g/mol. The van der Waals surface area contributed by atoms with E-state index >= 15 is 0 Å². The van der Waals surface area contributed by atoms with Crippen molar-refractivity contribution in [2.75, 3.05) is 6.26 Å². The van der Waals surface area contributed by atoms with Gasteiger partial charge in [0, 0.05) is 10.5 Å². The summed E-state index contributed by atoms with van der Waals surface area (Å²) in [6.45, 7) is 3.68. The summed E-state index contributed by atoms with van der Waals surface area (Å²) in [6, 6.07) is 11.6. The molecule has 1 atom stereocenters. The van der Waals surface area contributed by atoms with Crippen molar-refractivity contribution in [3.05, 3.63) is 63.6 Å². The standard InChI is InChI=1S/C20H21Cl2N3O2S/c1-12(2)18(24-19(26)14-6-9-16(21)17(22)10-14)20(27)25-23-11-13-4-7-15(28-3)8-5-13/h4-12,18H,1-3H3,(H,24,26)(H,25,27). The fourth-order valence-electron chi connectivity index (χ4n) is 2.33. The summed E-state index contributed by atoms with van der Waals surface area (Å²) < 4.78 is 0. The second-order valence-electron chi connectivity index (χ2n) is 6.33. The average molecular weight is 438 g/mol. The van der Waals surface area contributed by atoms with Gasteiger partial charge in [-0.3, -0.25) is 9.59 Å². The van der Waals surface area contributed by atoms with Gasteiger partial charge in [-0.1, -0.05) is 49.2 Å². The summed E-state index contributed by atoms with van der Waals surface area (Å²) in [5.41, 5.74) is 3.67. The van der Waals surface area contributed by atoms with Gasteiger partial charge in [0.15, 0.2) is 0 Å². The van der Waals surface area contributed by atoms with E-state index in [1.165, 1.54) is 12.1 Å². The fraction of sp³-hybridized carbons (Fsp3) is 0.250. The Kier molecular flexibility index (Phi) is 8.35. The van der Waals surface area contributed by atoms with Gasteiger partial charge in [0.25, 0.3) is 11.8 Å². The molecule has 2 N–H and O–H groups in total. The Balaban J connectivity index is 2.01. The molecule has 0 saturated carbocycles. The van der Waals surface area contributed by atoms with E-state index in [1.807, 2.05) is 44.4 Å². The highest BCUT2D eigenvalue weighted by molar-refractivity contribution is 7.98. The second-order valence-corrected chi connectivity index (χ2v) is 8.03. The number of hydrogen-bond donors (Lipinski definition) is 2. The highest BCUT2D eigenvalue weighted by Crippen LogP contribution is 2.22. The first-order valence-electron chi connectivity index (χ1n) is 8.54. The molecule has 2 aromatic carbocycles. The van der Waals surface area contributed by atoms with E-state index in [4.69, 9.17) is 23.2 Å². The predicted octanol–water partition coefficient (Wildman–Crippen LogP) is 4.62. The van der Waals surface area contributed by atoms with Gasteiger partial charge >= 0.3 is 0 Å². The summed E-state index contributed by atoms with van der Waals surface area (Å²) in [7, 11) is 0. The Morgan fingerprint density at radius 2 is 1.75 bits per heavy atom. The van der Waals surface area contributed by atoms with Crippen molar-refractivity contribution < 1.29 is 9.59 Å². The van der Waals surface area contributed by atoms with E-state index in [-0.39, 0.29) is 10.9 Å². The van der Waals surface area contributed by atoms with E-state index in [0.29, 0.717) is 10.6 Å². The number of halogens is 2. The summed E-state index contributed by atoms with van der Waals surface area (Å²) in [6.07, 6.45) is 3.56. The number of hydrazone groups is 1. The molecule has 0 aliphatic rings. The van der Waals surface area contributed by atoms with Crippen molar-refractivity contribution in [1.29, 1.82) is 0 Å². The normalized spacial score (nSPS) is 12.2. The van der Waals surface area contributed by atoms with Crippen LogP contribution >= 0.6 is 35.0 Å². The van der Waals surface area contributed by atoms with Crippen LogP contribution < -0.4 is 10.7 Å². The third kappa shape index (κ3) is 6.26. The van der Waals surface area contributed by atoms with Crippen LogP contribution in [0.2, 0.25) is 10.0 Å². The van der Waals surface area contributed by atoms with Gasteiger partial charge in [-0.05, 0) is 48.1 Å². The zero-order valence-corrected chi connectivity index (χ0v) is 18.0. The molecule has 0 aromatic heterocycles. The molecule has 0 fully saturated rings. The first-order chi connectivity index (χ1) is 13.3. The lowest BCUT2D eigenvalue weighted by Gasteiger charge is -2.20. The number of carbonyl (C=O) groups excluding carboxylic acids is 2. The van der Waals surface area contributed by atoms with Crippen LogP contribution in [-0.4, -0.2) is 30.3 Å². The van der Waals surface area contributed by atoms with Crippen molar-refractivity contribution in [1.82, 2.24) is 10.7 Å². The molecule has 148 valence electrons. The molecule has 2 rings (SSSR count). The van der Waals surface area contributed by atoms with E-state index in [9.17, 15) is 9.59 Å². The predicted molar refractivity (Wildman–Crippen MR) is 117 cm³/mol. The maximum atomic E-state index is 12.5. The third-order valence-corrected chi connectivity index (χ3v) is 5.40. The van der Waals surface area contributed by atoms with Crippen LogP contribution in [0.25, 0.3) is 0 Å². The van der Waals surface area contributed by atoms with Gasteiger partial charge in [-0.2, -0.15) is 5.10 Å². The van der Waals surface area contributed by atoms with E-state index in [1.54, 1.807) is 24.0 Å². The van der Waals surface area contributed by atoms with Crippen LogP contribution in [0.4, 0.5) is 0 Å². The van der Waals surface area contributed by atoms with Gasteiger partial charge in [0.2, 0.25) is 0 Å². The Labute approximate surface area is 178 Å².